The number of benzene rings is 3. The number of carbonyl (C=O) groups is 1. The summed E-state index contributed by atoms with van der Waals surface area (Å²) >= 11 is 12.2. The van der Waals surface area contributed by atoms with Gasteiger partial charge in [0.15, 0.2) is 5.76 Å². The van der Waals surface area contributed by atoms with E-state index in [0.29, 0.717) is 17.1 Å². The van der Waals surface area contributed by atoms with Crippen LogP contribution in [0.25, 0.3) is 11.0 Å². The van der Waals surface area contributed by atoms with Crippen molar-refractivity contribution in [2.24, 2.45) is 5.10 Å². The maximum absolute atomic E-state index is 12.9. The molecule has 4 aromatic rings. The van der Waals surface area contributed by atoms with Gasteiger partial charge in [0.1, 0.15) is 16.2 Å². The van der Waals surface area contributed by atoms with Gasteiger partial charge in [-0.15, -0.1) is 0 Å². The van der Waals surface area contributed by atoms with Gasteiger partial charge in [-0.25, -0.2) is 13.8 Å². The van der Waals surface area contributed by atoms with E-state index >= 15 is 0 Å². The Morgan fingerprint density at radius 1 is 0.939 bits per heavy atom. The standard InChI is InChI=1S/C23H17Cl2N3O4S/c1-14(21-12-15-6-2-5-9-20(15)32-21)26-27-23(29)16-10-11-18(25)22(13-16)33(30,31)28-19-8-4-3-7-17(19)24/h2-13,28H,1H3,(H,27,29). The van der Waals surface area contributed by atoms with Crippen LogP contribution in [0.3, 0.4) is 0 Å². The number of para-hydroxylation sites is 2. The van der Waals surface area contributed by atoms with Gasteiger partial charge in [-0.3, -0.25) is 9.52 Å². The van der Waals surface area contributed by atoms with Crippen molar-refractivity contribution >= 4 is 61.5 Å². The van der Waals surface area contributed by atoms with Crippen LogP contribution in [0.15, 0.2) is 87.2 Å². The van der Waals surface area contributed by atoms with Crippen LogP contribution in [-0.2, 0) is 10.0 Å². The van der Waals surface area contributed by atoms with Gasteiger partial charge in [-0.1, -0.05) is 53.5 Å². The lowest BCUT2D eigenvalue weighted by molar-refractivity contribution is 0.0954. The zero-order valence-electron chi connectivity index (χ0n) is 17.2. The minimum absolute atomic E-state index is 0.0481. The second-order valence-electron chi connectivity index (χ2n) is 7.02. The van der Waals surface area contributed by atoms with Crippen molar-refractivity contribution in [2.45, 2.75) is 11.8 Å². The van der Waals surface area contributed by atoms with E-state index in [1.807, 2.05) is 30.3 Å². The summed E-state index contributed by atoms with van der Waals surface area (Å²) in [6.07, 6.45) is 0. The molecule has 1 amide bonds. The topological polar surface area (TPSA) is 101 Å². The molecule has 0 spiro atoms. The molecule has 1 heterocycles. The van der Waals surface area contributed by atoms with Crippen LogP contribution in [0.1, 0.15) is 23.0 Å². The van der Waals surface area contributed by atoms with Crippen molar-refractivity contribution in [3.63, 3.8) is 0 Å². The van der Waals surface area contributed by atoms with Crippen molar-refractivity contribution in [1.29, 1.82) is 0 Å². The number of sulfonamides is 1. The van der Waals surface area contributed by atoms with Crippen LogP contribution in [0, 0.1) is 0 Å². The van der Waals surface area contributed by atoms with E-state index in [1.54, 1.807) is 25.1 Å². The molecule has 0 atom stereocenters. The highest BCUT2D eigenvalue weighted by atomic mass is 35.5. The molecule has 10 heteroatoms. The molecule has 0 bridgehead atoms. The van der Waals surface area contributed by atoms with Crippen LogP contribution >= 0.6 is 23.2 Å². The van der Waals surface area contributed by atoms with Gasteiger partial charge in [-0.2, -0.15) is 5.10 Å². The third-order valence-corrected chi connectivity index (χ3v) is 6.89. The van der Waals surface area contributed by atoms with E-state index < -0.39 is 15.9 Å². The van der Waals surface area contributed by atoms with Crippen molar-refractivity contribution < 1.29 is 17.6 Å². The van der Waals surface area contributed by atoms with E-state index in [9.17, 15) is 13.2 Å². The summed E-state index contributed by atoms with van der Waals surface area (Å²) in [6.45, 7) is 1.68. The van der Waals surface area contributed by atoms with Crippen molar-refractivity contribution in [2.75, 3.05) is 4.72 Å². The van der Waals surface area contributed by atoms with Crippen molar-refractivity contribution in [1.82, 2.24) is 5.43 Å². The molecule has 0 saturated heterocycles. The maximum Gasteiger partial charge on any atom is 0.271 e. The van der Waals surface area contributed by atoms with Crippen LogP contribution in [-0.4, -0.2) is 20.0 Å². The molecule has 168 valence electrons. The van der Waals surface area contributed by atoms with Crippen LogP contribution in [0.5, 0.6) is 0 Å². The molecule has 4 rings (SSSR count). The molecule has 0 aliphatic rings. The Balaban J connectivity index is 1.55. The van der Waals surface area contributed by atoms with Gasteiger partial charge >= 0.3 is 0 Å². The number of fused-ring (bicyclic) bond motifs is 1. The first-order valence-corrected chi connectivity index (χ1v) is 11.9. The van der Waals surface area contributed by atoms with Gasteiger partial charge in [0.25, 0.3) is 15.9 Å². The third-order valence-electron chi connectivity index (χ3n) is 4.71. The molecule has 2 N–H and O–H groups in total. The van der Waals surface area contributed by atoms with Crippen LogP contribution < -0.4 is 10.1 Å². The number of carbonyl (C=O) groups excluding carboxylic acids is 1. The second kappa shape index (κ2) is 9.27. The fourth-order valence-electron chi connectivity index (χ4n) is 3.01. The first-order chi connectivity index (χ1) is 15.7. The largest absolute Gasteiger partial charge is 0.455 e. The van der Waals surface area contributed by atoms with E-state index in [0.717, 1.165) is 5.39 Å². The quantitative estimate of drug-likeness (QED) is 0.261. The SMILES string of the molecule is CC(=NNC(=O)c1ccc(Cl)c(S(=O)(=O)Nc2ccccc2Cl)c1)c1cc2ccccc2o1. The Morgan fingerprint density at radius 2 is 1.67 bits per heavy atom. The number of amides is 1. The summed E-state index contributed by atoms with van der Waals surface area (Å²) < 4.78 is 33.8. The molecule has 0 radical (unpaired) electrons. The van der Waals surface area contributed by atoms with E-state index in [2.05, 4.69) is 15.2 Å². The number of nitrogens with one attached hydrogen (secondary N) is 2. The molecule has 7 nitrogen and oxygen atoms in total. The molecular weight excluding hydrogens is 485 g/mol. The minimum Gasteiger partial charge on any atom is -0.455 e. The Hall–Kier alpha value is -3.33. The van der Waals surface area contributed by atoms with Gasteiger partial charge in [0.2, 0.25) is 0 Å². The Labute approximate surface area is 200 Å². The summed E-state index contributed by atoms with van der Waals surface area (Å²) in [5.74, 6) is -0.115. The predicted molar refractivity (Wildman–Crippen MR) is 130 cm³/mol. The summed E-state index contributed by atoms with van der Waals surface area (Å²) in [7, 11) is -4.11. The lowest BCUT2D eigenvalue weighted by Gasteiger charge is -2.12. The molecule has 0 fully saturated rings. The highest BCUT2D eigenvalue weighted by Gasteiger charge is 2.21. The molecule has 1 aromatic heterocycles. The number of hydrogen-bond acceptors (Lipinski definition) is 5. The van der Waals surface area contributed by atoms with Gasteiger partial charge < -0.3 is 4.42 Å². The number of hydrogen-bond donors (Lipinski definition) is 2. The third kappa shape index (κ3) is 5.03. The van der Waals surface area contributed by atoms with E-state index in [-0.39, 0.29) is 26.2 Å². The fourth-order valence-corrected chi connectivity index (χ4v) is 4.85. The van der Waals surface area contributed by atoms with Crippen molar-refractivity contribution in [3.05, 3.63) is 94.2 Å². The number of anilines is 1. The molecular formula is C23H17Cl2N3O4S. The first kappa shape index (κ1) is 22.8. The highest BCUT2D eigenvalue weighted by molar-refractivity contribution is 7.92. The normalized spacial score (nSPS) is 12.0. The smallest absolute Gasteiger partial charge is 0.271 e. The van der Waals surface area contributed by atoms with Gasteiger partial charge in [0.05, 0.1) is 15.7 Å². The van der Waals surface area contributed by atoms with Gasteiger partial charge in [-0.05, 0) is 49.4 Å². The maximum atomic E-state index is 12.9. The van der Waals surface area contributed by atoms with E-state index in [4.69, 9.17) is 27.6 Å². The number of rotatable bonds is 6. The monoisotopic (exact) mass is 501 g/mol. The van der Waals surface area contributed by atoms with E-state index in [1.165, 1.54) is 24.3 Å². The number of nitrogens with zero attached hydrogens (tertiary/aromatic N) is 1. The van der Waals surface area contributed by atoms with Crippen LogP contribution in [0.2, 0.25) is 10.0 Å². The lowest BCUT2D eigenvalue weighted by atomic mass is 10.2. The molecule has 0 aliphatic heterocycles. The number of furan rings is 1. The zero-order valence-corrected chi connectivity index (χ0v) is 19.5. The zero-order chi connectivity index (χ0) is 23.6. The molecule has 0 aliphatic carbocycles. The number of halogens is 2. The lowest BCUT2D eigenvalue weighted by Crippen LogP contribution is -2.20. The summed E-state index contributed by atoms with van der Waals surface area (Å²) in [5, 5.41) is 5.15. The Morgan fingerprint density at radius 3 is 2.42 bits per heavy atom. The van der Waals surface area contributed by atoms with Gasteiger partial charge in [0, 0.05) is 10.9 Å². The summed E-state index contributed by atoms with van der Waals surface area (Å²) in [4.78, 5) is 12.4. The Bertz CT molecular complexity index is 1460. The molecule has 3 aromatic carbocycles. The average Bonchev–Trinajstić information content (AvgIpc) is 3.23. The molecule has 0 unspecified atom stereocenters. The van der Waals surface area contributed by atoms with Crippen LogP contribution in [0.4, 0.5) is 5.69 Å². The molecule has 0 saturated carbocycles. The first-order valence-electron chi connectivity index (χ1n) is 9.65. The molecule has 33 heavy (non-hydrogen) atoms. The average molecular weight is 502 g/mol. The minimum atomic E-state index is -4.11. The Kier molecular flexibility index (Phi) is 6.42. The predicted octanol–water partition coefficient (Wildman–Crippen LogP) is 5.69. The summed E-state index contributed by atoms with van der Waals surface area (Å²) in [6, 6.07) is 19.6. The number of hydrazone groups is 1. The van der Waals surface area contributed by atoms with Crippen molar-refractivity contribution in [3.8, 4) is 0 Å². The highest BCUT2D eigenvalue weighted by Crippen LogP contribution is 2.28. The summed E-state index contributed by atoms with van der Waals surface area (Å²) in [5.41, 5.74) is 3.80. The second-order valence-corrected chi connectivity index (χ2v) is 9.48. The fraction of sp³-hybridized carbons (Fsp3) is 0.0435.